The highest BCUT2D eigenvalue weighted by Gasteiger charge is 2.25. The molecule has 0 radical (unpaired) electrons. The number of aromatic hydroxyl groups is 2. The first-order chi connectivity index (χ1) is 10.0. The zero-order valence-corrected chi connectivity index (χ0v) is 13.0. The topological polar surface area (TPSA) is 40.5 Å². The van der Waals surface area contributed by atoms with Crippen LogP contribution in [0, 0.1) is 11.8 Å². The monoisotopic (exact) mass is 284 g/mol. The van der Waals surface area contributed by atoms with Crippen molar-refractivity contribution in [2.45, 2.75) is 33.1 Å². The van der Waals surface area contributed by atoms with Crippen molar-refractivity contribution >= 4 is 0 Å². The Morgan fingerprint density at radius 2 is 1.14 bits per heavy atom. The van der Waals surface area contributed by atoms with Crippen molar-refractivity contribution in [3.63, 3.8) is 0 Å². The Hall–Kier alpha value is -1.96. The van der Waals surface area contributed by atoms with Gasteiger partial charge in [0.2, 0.25) is 0 Å². The summed E-state index contributed by atoms with van der Waals surface area (Å²) in [4.78, 5) is 0. The van der Waals surface area contributed by atoms with E-state index in [4.69, 9.17) is 0 Å². The fraction of sp³-hybridized carbons (Fsp3) is 0.368. The maximum atomic E-state index is 9.51. The van der Waals surface area contributed by atoms with Crippen LogP contribution in [0.4, 0.5) is 0 Å². The predicted molar refractivity (Wildman–Crippen MR) is 86.7 cm³/mol. The molecule has 0 spiro atoms. The predicted octanol–water partition coefficient (Wildman–Crippen LogP) is 4.91. The maximum Gasteiger partial charge on any atom is 0.115 e. The Morgan fingerprint density at radius 1 is 0.762 bits per heavy atom. The van der Waals surface area contributed by atoms with E-state index in [9.17, 15) is 10.2 Å². The SMILES string of the molecule is CCC(C)C(C)C(c1ccc(O)cc1)c1ccc(O)cc1. The van der Waals surface area contributed by atoms with Crippen LogP contribution in [0.15, 0.2) is 48.5 Å². The summed E-state index contributed by atoms with van der Waals surface area (Å²) in [5, 5.41) is 19.0. The molecule has 0 aliphatic rings. The van der Waals surface area contributed by atoms with Crippen LogP contribution in [0.3, 0.4) is 0 Å². The molecule has 21 heavy (non-hydrogen) atoms. The molecule has 2 aromatic rings. The van der Waals surface area contributed by atoms with Gasteiger partial charge in [0.25, 0.3) is 0 Å². The van der Waals surface area contributed by atoms with Crippen LogP contribution in [0.25, 0.3) is 0 Å². The van der Waals surface area contributed by atoms with E-state index in [1.165, 1.54) is 11.1 Å². The van der Waals surface area contributed by atoms with Crippen molar-refractivity contribution in [1.82, 2.24) is 0 Å². The summed E-state index contributed by atoms with van der Waals surface area (Å²) in [5.74, 6) is 1.92. The molecule has 0 bridgehead atoms. The quantitative estimate of drug-likeness (QED) is 0.818. The first-order valence-corrected chi connectivity index (χ1v) is 7.60. The lowest BCUT2D eigenvalue weighted by Crippen LogP contribution is -2.18. The van der Waals surface area contributed by atoms with Crippen LogP contribution in [0.2, 0.25) is 0 Å². The summed E-state index contributed by atoms with van der Waals surface area (Å²) in [5.41, 5.74) is 2.40. The first kappa shape index (κ1) is 15.4. The van der Waals surface area contributed by atoms with Gasteiger partial charge in [-0.2, -0.15) is 0 Å². The van der Waals surface area contributed by atoms with Crippen LogP contribution in [0.5, 0.6) is 11.5 Å². The van der Waals surface area contributed by atoms with E-state index in [0.717, 1.165) is 6.42 Å². The number of benzene rings is 2. The number of hydrogen-bond donors (Lipinski definition) is 2. The normalized spacial score (nSPS) is 14.1. The summed E-state index contributed by atoms with van der Waals surface area (Å²) in [7, 11) is 0. The molecule has 2 heteroatoms. The van der Waals surface area contributed by atoms with Crippen molar-refractivity contribution in [3.8, 4) is 11.5 Å². The Balaban J connectivity index is 2.43. The van der Waals surface area contributed by atoms with Gasteiger partial charge in [-0.1, -0.05) is 51.5 Å². The molecule has 0 heterocycles. The Kier molecular flexibility index (Phi) is 4.89. The van der Waals surface area contributed by atoms with Gasteiger partial charge in [0.05, 0.1) is 0 Å². The summed E-state index contributed by atoms with van der Waals surface area (Å²) in [6.45, 7) is 6.77. The van der Waals surface area contributed by atoms with Crippen LogP contribution >= 0.6 is 0 Å². The highest BCUT2D eigenvalue weighted by molar-refractivity contribution is 5.38. The number of phenols is 2. The summed E-state index contributed by atoms with van der Waals surface area (Å²) < 4.78 is 0. The Bertz CT molecular complexity index is 512. The fourth-order valence-corrected chi connectivity index (χ4v) is 2.86. The van der Waals surface area contributed by atoms with Crippen molar-refractivity contribution in [2.24, 2.45) is 11.8 Å². The molecule has 0 aromatic heterocycles. The Morgan fingerprint density at radius 3 is 1.48 bits per heavy atom. The van der Waals surface area contributed by atoms with Crippen molar-refractivity contribution < 1.29 is 10.2 Å². The molecule has 112 valence electrons. The lowest BCUT2D eigenvalue weighted by molar-refractivity contribution is 0.342. The third-order valence-electron chi connectivity index (χ3n) is 4.57. The van der Waals surface area contributed by atoms with Crippen LogP contribution < -0.4 is 0 Å². The van der Waals surface area contributed by atoms with Crippen LogP contribution in [0.1, 0.15) is 44.2 Å². The minimum atomic E-state index is 0.265. The van der Waals surface area contributed by atoms with E-state index in [0.29, 0.717) is 23.3 Å². The number of rotatable bonds is 5. The third kappa shape index (κ3) is 3.57. The van der Waals surface area contributed by atoms with Crippen LogP contribution in [-0.4, -0.2) is 10.2 Å². The molecular weight excluding hydrogens is 260 g/mol. The molecule has 0 aliphatic heterocycles. The molecule has 2 atom stereocenters. The van der Waals surface area contributed by atoms with Gasteiger partial charge >= 0.3 is 0 Å². The smallest absolute Gasteiger partial charge is 0.115 e. The molecule has 0 aliphatic carbocycles. The average molecular weight is 284 g/mol. The number of phenolic OH excluding ortho intramolecular Hbond substituents is 2. The molecule has 2 rings (SSSR count). The molecule has 2 aromatic carbocycles. The van der Waals surface area contributed by atoms with E-state index >= 15 is 0 Å². The van der Waals surface area contributed by atoms with Crippen molar-refractivity contribution in [1.29, 1.82) is 0 Å². The molecule has 0 amide bonds. The van der Waals surface area contributed by atoms with Gasteiger partial charge in [-0.3, -0.25) is 0 Å². The van der Waals surface area contributed by atoms with Crippen molar-refractivity contribution in [2.75, 3.05) is 0 Å². The van der Waals surface area contributed by atoms with Gasteiger partial charge in [-0.05, 0) is 47.2 Å². The zero-order chi connectivity index (χ0) is 15.4. The molecule has 2 unspecified atom stereocenters. The second-order valence-electron chi connectivity index (χ2n) is 5.91. The number of hydrogen-bond acceptors (Lipinski definition) is 2. The van der Waals surface area contributed by atoms with Crippen LogP contribution in [-0.2, 0) is 0 Å². The van der Waals surface area contributed by atoms with Gasteiger partial charge in [0.15, 0.2) is 0 Å². The maximum absolute atomic E-state index is 9.51. The van der Waals surface area contributed by atoms with Gasteiger partial charge in [0.1, 0.15) is 11.5 Å². The third-order valence-corrected chi connectivity index (χ3v) is 4.57. The van der Waals surface area contributed by atoms with E-state index in [1.807, 2.05) is 24.3 Å². The van der Waals surface area contributed by atoms with Gasteiger partial charge < -0.3 is 10.2 Å². The molecule has 0 saturated heterocycles. The highest BCUT2D eigenvalue weighted by Crippen LogP contribution is 2.38. The van der Waals surface area contributed by atoms with Gasteiger partial charge in [-0.15, -0.1) is 0 Å². The lowest BCUT2D eigenvalue weighted by Gasteiger charge is -2.29. The minimum Gasteiger partial charge on any atom is -0.508 e. The van der Waals surface area contributed by atoms with Crippen molar-refractivity contribution in [3.05, 3.63) is 59.7 Å². The standard InChI is InChI=1S/C19H24O2/c1-4-13(2)14(3)19(15-5-9-17(20)10-6-15)16-7-11-18(21)12-8-16/h5-14,19-21H,4H2,1-3H3. The van der Waals surface area contributed by atoms with E-state index in [2.05, 4.69) is 20.8 Å². The van der Waals surface area contributed by atoms with E-state index < -0.39 is 0 Å². The second-order valence-corrected chi connectivity index (χ2v) is 5.91. The first-order valence-electron chi connectivity index (χ1n) is 7.60. The molecule has 0 saturated carbocycles. The molecular formula is C19H24O2. The fourth-order valence-electron chi connectivity index (χ4n) is 2.86. The lowest BCUT2D eigenvalue weighted by atomic mass is 9.75. The highest BCUT2D eigenvalue weighted by atomic mass is 16.3. The Labute approximate surface area is 127 Å². The van der Waals surface area contributed by atoms with Gasteiger partial charge in [0, 0.05) is 5.92 Å². The van der Waals surface area contributed by atoms with E-state index in [-0.39, 0.29) is 5.92 Å². The van der Waals surface area contributed by atoms with Gasteiger partial charge in [-0.25, -0.2) is 0 Å². The summed E-state index contributed by atoms with van der Waals surface area (Å²) in [6.07, 6.45) is 1.13. The zero-order valence-electron chi connectivity index (χ0n) is 13.0. The molecule has 0 fully saturated rings. The largest absolute Gasteiger partial charge is 0.508 e. The summed E-state index contributed by atoms with van der Waals surface area (Å²) in [6, 6.07) is 14.9. The van der Waals surface area contributed by atoms with E-state index in [1.54, 1.807) is 24.3 Å². The summed E-state index contributed by atoms with van der Waals surface area (Å²) >= 11 is 0. The minimum absolute atomic E-state index is 0.265. The molecule has 2 nitrogen and oxygen atoms in total. The average Bonchev–Trinajstić information content (AvgIpc) is 2.50. The molecule has 2 N–H and O–H groups in total. The second kappa shape index (κ2) is 6.66.